The molecule has 0 saturated carbocycles. The van der Waals surface area contributed by atoms with Gasteiger partial charge < -0.3 is 8.83 Å². The van der Waals surface area contributed by atoms with Gasteiger partial charge in [-0.1, -0.05) is 164 Å². The number of benzene rings is 7. The number of hydrogen-bond donors (Lipinski definition) is 0. The molecule has 0 N–H and O–H groups in total. The summed E-state index contributed by atoms with van der Waals surface area (Å²) in [6.45, 7) is 0. The van der Waals surface area contributed by atoms with Gasteiger partial charge in [-0.2, -0.15) is 0 Å². The highest BCUT2D eigenvalue weighted by Crippen LogP contribution is 2.44. The third-order valence-electron chi connectivity index (χ3n) is 11.7. The largest absolute Gasteiger partial charge is 0.455 e. The van der Waals surface area contributed by atoms with Crippen LogP contribution in [0.25, 0.3) is 106 Å². The van der Waals surface area contributed by atoms with Gasteiger partial charge in [-0.3, -0.25) is 0 Å². The first-order valence-corrected chi connectivity index (χ1v) is 19.7. The quantitative estimate of drug-likeness (QED) is 0.176. The van der Waals surface area contributed by atoms with Crippen molar-refractivity contribution in [2.75, 3.05) is 0 Å². The molecule has 0 amide bonds. The molecular weight excluding hydrogens is 711 g/mol. The highest BCUT2D eigenvalue weighted by Gasteiger charge is 2.23. The number of hydrogen-bond acceptors (Lipinski definition) is 5. The molecule has 3 aromatic heterocycles. The van der Waals surface area contributed by atoms with Crippen LogP contribution in [-0.4, -0.2) is 15.0 Å². The lowest BCUT2D eigenvalue weighted by Crippen LogP contribution is -2.11. The molecule has 58 heavy (non-hydrogen) atoms. The van der Waals surface area contributed by atoms with Gasteiger partial charge in [0.25, 0.3) is 0 Å². The van der Waals surface area contributed by atoms with Crippen LogP contribution in [0, 0.1) is 11.8 Å². The van der Waals surface area contributed by atoms with Gasteiger partial charge in [-0.15, -0.1) is 0 Å². The average Bonchev–Trinajstić information content (AvgIpc) is 3.88. The first kappa shape index (κ1) is 32.6. The van der Waals surface area contributed by atoms with E-state index in [1.165, 1.54) is 5.57 Å². The van der Waals surface area contributed by atoms with E-state index in [1.54, 1.807) is 0 Å². The molecule has 5 heteroatoms. The van der Waals surface area contributed by atoms with Crippen molar-refractivity contribution in [3.8, 4) is 45.3 Å². The fourth-order valence-electron chi connectivity index (χ4n) is 8.94. The maximum absolute atomic E-state index is 6.76. The first-order valence-electron chi connectivity index (χ1n) is 19.7. The smallest absolute Gasteiger partial charge is 0.167 e. The van der Waals surface area contributed by atoms with E-state index in [0.29, 0.717) is 29.3 Å². The van der Waals surface area contributed by atoms with Crippen molar-refractivity contribution in [1.29, 1.82) is 0 Å². The number of furan rings is 2. The highest BCUT2D eigenvalue weighted by atomic mass is 16.3. The Hall–Kier alpha value is -7.63. The van der Waals surface area contributed by atoms with Gasteiger partial charge >= 0.3 is 0 Å². The molecule has 10 aromatic rings. The molecule has 272 valence electrons. The summed E-state index contributed by atoms with van der Waals surface area (Å²) in [5.41, 5.74) is 10.5. The molecule has 3 heterocycles. The molecule has 0 aliphatic heterocycles. The van der Waals surface area contributed by atoms with Gasteiger partial charge in [-0.05, 0) is 51.7 Å². The Balaban J connectivity index is 1.04. The van der Waals surface area contributed by atoms with E-state index < -0.39 is 0 Å². The summed E-state index contributed by atoms with van der Waals surface area (Å²) in [7, 11) is 0. The third kappa shape index (κ3) is 5.14. The molecule has 0 saturated heterocycles. The van der Waals surface area contributed by atoms with E-state index >= 15 is 0 Å². The summed E-state index contributed by atoms with van der Waals surface area (Å²) in [5, 5.41) is 6.43. The first-order chi connectivity index (χ1) is 28.7. The molecule has 7 aromatic carbocycles. The predicted molar refractivity (Wildman–Crippen MR) is 236 cm³/mol. The van der Waals surface area contributed by atoms with Crippen molar-refractivity contribution in [3.05, 3.63) is 194 Å². The summed E-state index contributed by atoms with van der Waals surface area (Å²) in [6.07, 6.45) is 15.7. The second-order valence-electron chi connectivity index (χ2n) is 15.0. The van der Waals surface area contributed by atoms with Crippen LogP contribution >= 0.6 is 0 Å². The Labute approximate surface area is 333 Å². The van der Waals surface area contributed by atoms with E-state index in [0.717, 1.165) is 88.0 Å². The zero-order chi connectivity index (χ0) is 38.2. The second kappa shape index (κ2) is 13.0. The van der Waals surface area contributed by atoms with Crippen molar-refractivity contribution in [3.63, 3.8) is 0 Å². The SMILES string of the molecule is C1=CC2C=CC(c3cccc4c3oc3cccc(-c5ccc(-c6nc(-c7ccccc7)nc(-c7cccc8c7oc7ccccc78)n6)c6ccccc56)c34)=CC2C=C1. The van der Waals surface area contributed by atoms with Crippen LogP contribution < -0.4 is 0 Å². The summed E-state index contributed by atoms with van der Waals surface area (Å²) >= 11 is 0. The zero-order valence-corrected chi connectivity index (χ0v) is 31.2. The van der Waals surface area contributed by atoms with Crippen molar-refractivity contribution in [2.45, 2.75) is 0 Å². The lowest BCUT2D eigenvalue weighted by atomic mass is 9.81. The Morgan fingerprint density at radius 1 is 0.379 bits per heavy atom. The Morgan fingerprint density at radius 2 is 0.966 bits per heavy atom. The summed E-state index contributed by atoms with van der Waals surface area (Å²) in [6, 6.07) is 50.2. The van der Waals surface area contributed by atoms with E-state index in [9.17, 15) is 0 Å². The van der Waals surface area contributed by atoms with E-state index in [-0.39, 0.29) is 0 Å². The Kier molecular flexibility index (Phi) is 7.29. The van der Waals surface area contributed by atoms with Gasteiger partial charge in [0.05, 0.1) is 5.56 Å². The molecule has 2 aliphatic rings. The molecule has 5 nitrogen and oxygen atoms in total. The fraction of sp³-hybridized carbons (Fsp3) is 0.0377. The van der Waals surface area contributed by atoms with Gasteiger partial charge in [0, 0.05) is 50.1 Å². The maximum Gasteiger partial charge on any atom is 0.167 e. The fourth-order valence-corrected chi connectivity index (χ4v) is 8.94. The van der Waals surface area contributed by atoms with Crippen LogP contribution in [-0.2, 0) is 0 Å². The lowest BCUT2D eigenvalue weighted by molar-refractivity contribution is 0.659. The molecule has 2 unspecified atom stereocenters. The predicted octanol–water partition coefficient (Wildman–Crippen LogP) is 13.8. The maximum atomic E-state index is 6.76. The monoisotopic (exact) mass is 743 g/mol. The van der Waals surface area contributed by atoms with Crippen LogP contribution in [0.4, 0.5) is 0 Å². The number of allylic oxidation sites excluding steroid dienone is 8. The zero-order valence-electron chi connectivity index (χ0n) is 31.2. The number of para-hydroxylation sites is 3. The molecular formula is C53H33N3O2. The average molecular weight is 744 g/mol. The molecule has 0 fully saturated rings. The van der Waals surface area contributed by atoms with Gasteiger partial charge in [-0.25, -0.2) is 15.0 Å². The number of aromatic nitrogens is 3. The van der Waals surface area contributed by atoms with Crippen LogP contribution in [0.1, 0.15) is 5.56 Å². The van der Waals surface area contributed by atoms with Crippen molar-refractivity contribution in [1.82, 2.24) is 15.0 Å². The van der Waals surface area contributed by atoms with Gasteiger partial charge in [0.2, 0.25) is 0 Å². The standard InChI is InChI=1S/C53H33N3O2/c1-2-14-33(15-3-1)51-54-52(56-53(55-51)45-24-11-22-42-40-19-8-9-25-46(40)57-50(42)45)43-30-29-39(37-17-6-7-18-38(37)43)41-21-12-26-47-48(41)44-23-10-20-36(49(44)58-47)35-28-27-32-13-4-5-16-34(32)31-35/h1-32,34H. The van der Waals surface area contributed by atoms with E-state index in [1.807, 2.05) is 60.7 Å². The third-order valence-corrected chi connectivity index (χ3v) is 11.7. The molecule has 2 aliphatic carbocycles. The topological polar surface area (TPSA) is 65.0 Å². The van der Waals surface area contributed by atoms with E-state index in [4.69, 9.17) is 23.8 Å². The second-order valence-corrected chi connectivity index (χ2v) is 15.0. The van der Waals surface area contributed by atoms with Crippen molar-refractivity contribution < 1.29 is 8.83 Å². The minimum Gasteiger partial charge on any atom is -0.455 e. The van der Waals surface area contributed by atoms with E-state index in [2.05, 4.69) is 127 Å². The lowest BCUT2D eigenvalue weighted by Gasteiger charge is -2.23. The van der Waals surface area contributed by atoms with Gasteiger partial charge in [0.1, 0.15) is 22.3 Å². The summed E-state index contributed by atoms with van der Waals surface area (Å²) in [5.74, 6) is 2.48. The molecule has 12 rings (SSSR count). The normalized spacial score (nSPS) is 16.2. The van der Waals surface area contributed by atoms with Crippen LogP contribution in [0.3, 0.4) is 0 Å². The molecule has 2 atom stereocenters. The number of rotatable bonds is 5. The molecule has 0 radical (unpaired) electrons. The van der Waals surface area contributed by atoms with Crippen LogP contribution in [0.15, 0.2) is 197 Å². The van der Waals surface area contributed by atoms with Crippen molar-refractivity contribution in [2.24, 2.45) is 11.8 Å². The molecule has 0 bridgehead atoms. The molecule has 0 spiro atoms. The number of nitrogens with zero attached hydrogens (tertiary/aromatic N) is 3. The Bertz CT molecular complexity index is 3420. The van der Waals surface area contributed by atoms with Crippen LogP contribution in [0.2, 0.25) is 0 Å². The minimum atomic E-state index is 0.341. The minimum absolute atomic E-state index is 0.341. The Morgan fingerprint density at radius 3 is 1.83 bits per heavy atom. The van der Waals surface area contributed by atoms with Crippen molar-refractivity contribution >= 4 is 60.2 Å². The van der Waals surface area contributed by atoms with Crippen LogP contribution in [0.5, 0.6) is 0 Å². The summed E-state index contributed by atoms with van der Waals surface area (Å²) in [4.78, 5) is 15.4. The van der Waals surface area contributed by atoms with Gasteiger partial charge in [0.15, 0.2) is 17.5 Å². The highest BCUT2D eigenvalue weighted by molar-refractivity contribution is 6.18. The number of fused-ring (bicyclic) bond motifs is 8. The summed E-state index contributed by atoms with van der Waals surface area (Å²) < 4.78 is 13.2.